The maximum Gasteiger partial charge on any atom is 0.144 e. The smallest absolute Gasteiger partial charge is 0.144 e. The van der Waals surface area contributed by atoms with Crippen LogP contribution in [0.4, 0.5) is 0 Å². The molecule has 1 atom stereocenters. The van der Waals surface area contributed by atoms with Gasteiger partial charge < -0.3 is 17.7 Å². The summed E-state index contributed by atoms with van der Waals surface area (Å²) in [5.74, 6) is 1.81. The van der Waals surface area contributed by atoms with Crippen molar-refractivity contribution in [2.75, 3.05) is 0 Å². The molecule has 0 aromatic heterocycles. The third-order valence-electron chi connectivity index (χ3n) is 3.63. The zero-order valence-corrected chi connectivity index (χ0v) is 18.3. The molecule has 134 valence electrons. The topological polar surface area (TPSA) is 47.9 Å². The molecule has 2 aromatic rings. The van der Waals surface area contributed by atoms with E-state index in [1.165, 1.54) is 6.07 Å². The van der Waals surface area contributed by atoms with Gasteiger partial charge in [0.15, 0.2) is 0 Å². The molecule has 0 bridgehead atoms. The van der Waals surface area contributed by atoms with Crippen molar-refractivity contribution >= 4 is 38.7 Å². The fourth-order valence-corrected chi connectivity index (χ4v) is 3.02. The van der Waals surface area contributed by atoms with E-state index >= 15 is 0 Å². The molecule has 0 heterocycles. The predicted molar refractivity (Wildman–Crippen MR) is 100 cm³/mol. The van der Waals surface area contributed by atoms with Crippen molar-refractivity contribution in [1.29, 1.82) is 0 Å². The van der Waals surface area contributed by atoms with E-state index in [1.54, 1.807) is 18.2 Å². The Morgan fingerprint density at radius 3 is 1.83 bits per heavy atom. The van der Waals surface area contributed by atoms with Crippen molar-refractivity contribution in [1.82, 2.24) is 0 Å². The summed E-state index contributed by atoms with van der Waals surface area (Å²) in [5, 5.41) is 10.4. The molecule has 0 aliphatic carbocycles. The Kier molecular flexibility index (Phi) is 7.00. The predicted octanol–water partition coefficient (Wildman–Crippen LogP) is 4.85. The van der Waals surface area contributed by atoms with Crippen LogP contribution in [-0.2, 0) is 0 Å². The first-order chi connectivity index (χ1) is 11.0. The molecule has 0 amide bonds. The zero-order valence-electron chi connectivity index (χ0n) is 12.9. The Bertz CT molecular complexity index is 682. The van der Waals surface area contributed by atoms with E-state index in [1.807, 2.05) is 12.1 Å². The first kappa shape index (κ1) is 19.7. The molecule has 0 saturated carbocycles. The minimum atomic E-state index is -0.0971. The second kappa shape index (κ2) is 8.52. The first-order valence-electron chi connectivity index (χ1n) is 6.93. The van der Waals surface area contributed by atoms with Crippen LogP contribution in [0.2, 0.25) is 0 Å². The average Bonchev–Trinajstić information content (AvgIpc) is 2.56. The monoisotopic (exact) mass is 619 g/mol. The summed E-state index contributed by atoms with van der Waals surface area (Å²) in [5.41, 5.74) is 1.65. The van der Waals surface area contributed by atoms with Gasteiger partial charge in [-0.3, -0.25) is 0 Å². The van der Waals surface area contributed by atoms with Crippen molar-refractivity contribution in [3.63, 3.8) is 0 Å². The van der Waals surface area contributed by atoms with Gasteiger partial charge in [0.2, 0.25) is 0 Å². The second-order valence-electron chi connectivity index (χ2n) is 5.42. The summed E-state index contributed by atoms with van der Waals surface area (Å²) in [6.45, 7) is 4.14. The van der Waals surface area contributed by atoms with Gasteiger partial charge in [0.05, 0.1) is 0 Å². The van der Waals surface area contributed by atoms with Crippen molar-refractivity contribution < 1.29 is 17.7 Å². The maximum atomic E-state index is 10.4. The van der Waals surface area contributed by atoms with Gasteiger partial charge in [-0.05, 0) is 18.1 Å². The number of hydrogen-bond donors (Lipinski definition) is 4. The van der Waals surface area contributed by atoms with Gasteiger partial charge in [0.25, 0.3) is 0 Å². The minimum Gasteiger partial charge on any atom is -0.508 e. The van der Waals surface area contributed by atoms with Crippen molar-refractivity contribution in [3.05, 3.63) is 47.5 Å². The van der Waals surface area contributed by atoms with E-state index in [0.29, 0.717) is 17.2 Å². The van der Waals surface area contributed by atoms with Crippen LogP contribution >= 0.6 is 38.7 Å². The average molecular weight is 622 g/mol. The third kappa shape index (κ3) is 3.96. The number of aromatic hydroxyl groups is 1. The molecule has 0 aliphatic heterocycles. The Balaban J connectivity index is 0.00000288. The minimum absolute atomic E-state index is 0. The van der Waals surface area contributed by atoms with E-state index < -0.39 is 0 Å². The summed E-state index contributed by atoms with van der Waals surface area (Å²) in [4.78, 5) is 0. The van der Waals surface area contributed by atoms with E-state index in [-0.39, 0.29) is 17.6 Å². The number of phenols is 1. The summed E-state index contributed by atoms with van der Waals surface area (Å²) in [7, 11) is 0. The van der Waals surface area contributed by atoms with Crippen molar-refractivity contribution in [3.8, 4) is 23.0 Å². The van der Waals surface area contributed by atoms with Crippen LogP contribution in [0, 0.1) is 5.92 Å². The largest absolute Gasteiger partial charge is 0.508 e. The molecule has 0 fully saturated rings. The van der Waals surface area contributed by atoms with Gasteiger partial charge in [0, 0.05) is 67.9 Å². The fraction of sp³-hybridized carbons (Fsp3) is 0.250. The molecular formula is C16H18CfO4S3. The van der Waals surface area contributed by atoms with Crippen LogP contribution in [0.15, 0.2) is 36.4 Å². The van der Waals surface area contributed by atoms with E-state index in [9.17, 15) is 5.11 Å². The number of hydrogen-bond acceptors (Lipinski definition) is 7. The summed E-state index contributed by atoms with van der Waals surface area (Å²) in [6, 6.07) is 10.5. The van der Waals surface area contributed by atoms with E-state index in [4.69, 9.17) is 12.5 Å². The van der Waals surface area contributed by atoms with Crippen LogP contribution in [0.1, 0.15) is 30.9 Å². The number of thiol groups is 3. The van der Waals surface area contributed by atoms with Gasteiger partial charge in [0.1, 0.15) is 23.0 Å². The Morgan fingerprint density at radius 2 is 1.38 bits per heavy atom. The Morgan fingerprint density at radius 1 is 0.833 bits per heavy atom. The quantitative estimate of drug-likeness (QED) is 0.276. The molecule has 0 radical (unpaired) electrons. The zero-order chi connectivity index (χ0) is 17.0. The molecular weight excluding hydrogens is 603 g/mol. The first-order valence-corrected chi connectivity index (χ1v) is 8.02. The molecule has 0 saturated heterocycles. The Hall–Kier alpha value is -2.31. The maximum absolute atomic E-state index is 10.4. The number of benzene rings is 2. The van der Waals surface area contributed by atoms with Crippen LogP contribution in [-0.4, -0.2) is 5.11 Å². The van der Waals surface area contributed by atoms with Crippen LogP contribution in [0.3, 0.4) is 0 Å². The molecule has 1 N–H and O–H groups in total. The summed E-state index contributed by atoms with van der Waals surface area (Å²) >= 11 is 11.5. The van der Waals surface area contributed by atoms with Crippen LogP contribution < -0.4 is 12.5 Å². The van der Waals surface area contributed by atoms with Crippen molar-refractivity contribution in [2.45, 2.75) is 19.8 Å². The van der Waals surface area contributed by atoms with Crippen molar-refractivity contribution in [2.24, 2.45) is 5.92 Å². The van der Waals surface area contributed by atoms with E-state index in [0.717, 1.165) is 11.1 Å². The molecule has 8 heteroatoms. The molecule has 2 rings (SSSR count). The fourth-order valence-electron chi connectivity index (χ4n) is 2.64. The number of phenolic OH excluding ortho intramolecular Hbond substituents is 1. The van der Waals surface area contributed by atoms with Gasteiger partial charge in [-0.2, -0.15) is 0 Å². The molecule has 4 nitrogen and oxygen atoms in total. The molecule has 2 aromatic carbocycles. The third-order valence-corrected chi connectivity index (χ3v) is 4.25. The van der Waals surface area contributed by atoms with E-state index in [2.05, 4.69) is 52.6 Å². The molecule has 0 spiro atoms. The summed E-state index contributed by atoms with van der Waals surface area (Å²) in [6.07, 6.45) is 0. The van der Waals surface area contributed by atoms with Gasteiger partial charge in [-0.25, -0.2) is 0 Å². The molecule has 0 aliphatic rings. The second-order valence-corrected chi connectivity index (χ2v) is 5.96. The molecule has 1 unspecified atom stereocenters. The SMILES string of the molecule is CC(C)C(c1ccc(OS)cc1O)c1ccc(OS)cc1OS.[Cf]. The number of rotatable bonds is 6. The van der Waals surface area contributed by atoms with Gasteiger partial charge in [-0.15, -0.1) is 0 Å². The van der Waals surface area contributed by atoms with Crippen LogP contribution in [0.5, 0.6) is 23.0 Å². The standard InChI is InChI=1S/C16H18O4S3.Cf/c1-9(2)16(12-5-3-10(18-21)7-14(12)17)13-6-4-11(19-22)8-15(13)20-23;/h3-9,16-17,21-23H,1-2H3;. The molecule has 24 heavy (non-hydrogen) atoms. The van der Waals surface area contributed by atoms with Gasteiger partial charge >= 0.3 is 0 Å². The van der Waals surface area contributed by atoms with Gasteiger partial charge in [-0.1, -0.05) is 26.0 Å². The van der Waals surface area contributed by atoms with Crippen LogP contribution in [0.25, 0.3) is 0 Å². The normalized spacial score (nSPS) is 11.6. The summed E-state index contributed by atoms with van der Waals surface area (Å²) < 4.78 is 14.9. The Labute approximate surface area is 152 Å².